The molecule has 0 bridgehead atoms. The zero-order valence-electron chi connectivity index (χ0n) is 12.5. The Morgan fingerprint density at radius 3 is 2.86 bits per heavy atom. The van der Waals surface area contributed by atoms with Crippen LogP contribution in [0.15, 0.2) is 42.6 Å². The molecule has 0 radical (unpaired) electrons. The quantitative estimate of drug-likeness (QED) is 0.654. The van der Waals surface area contributed by atoms with E-state index < -0.39 is 0 Å². The molecule has 1 aromatic carbocycles. The maximum absolute atomic E-state index is 5.84. The third-order valence-electron chi connectivity index (χ3n) is 4.60. The molecule has 0 saturated heterocycles. The van der Waals surface area contributed by atoms with Crippen LogP contribution in [0.5, 0.6) is 0 Å². The van der Waals surface area contributed by atoms with Crippen molar-refractivity contribution in [3.05, 3.63) is 65.0 Å². The van der Waals surface area contributed by atoms with E-state index in [1.54, 1.807) is 0 Å². The highest BCUT2D eigenvalue weighted by Crippen LogP contribution is 2.35. The van der Waals surface area contributed by atoms with E-state index in [2.05, 4.69) is 53.7 Å². The minimum absolute atomic E-state index is 0.244. The Balaban J connectivity index is 1.76. The lowest BCUT2D eigenvalue weighted by Crippen LogP contribution is -2.41. The minimum Gasteiger partial charge on any atom is -0.271 e. The molecule has 1 aromatic heterocycles. The van der Waals surface area contributed by atoms with Gasteiger partial charge in [0.1, 0.15) is 0 Å². The number of aryl methyl sites for hydroxylation is 2. The first-order chi connectivity index (χ1) is 10.3. The number of pyridine rings is 1. The summed E-state index contributed by atoms with van der Waals surface area (Å²) in [5.41, 5.74) is 8.33. The van der Waals surface area contributed by atoms with Crippen molar-refractivity contribution in [1.29, 1.82) is 0 Å². The van der Waals surface area contributed by atoms with Crippen molar-refractivity contribution >= 4 is 0 Å². The van der Waals surface area contributed by atoms with Gasteiger partial charge in [-0.05, 0) is 42.0 Å². The van der Waals surface area contributed by atoms with Gasteiger partial charge in [-0.2, -0.15) is 0 Å². The first-order valence-corrected chi connectivity index (χ1v) is 7.79. The van der Waals surface area contributed by atoms with Gasteiger partial charge in [-0.25, -0.2) is 0 Å². The van der Waals surface area contributed by atoms with Crippen LogP contribution in [0, 0.1) is 0 Å². The highest BCUT2D eigenvalue weighted by molar-refractivity contribution is 5.36. The zero-order chi connectivity index (χ0) is 14.7. The largest absolute Gasteiger partial charge is 0.271 e. The molecule has 2 atom stereocenters. The third-order valence-corrected chi connectivity index (χ3v) is 4.60. The van der Waals surface area contributed by atoms with Crippen LogP contribution in [0.2, 0.25) is 0 Å². The van der Waals surface area contributed by atoms with Crippen molar-refractivity contribution in [3.8, 4) is 0 Å². The van der Waals surface area contributed by atoms with Crippen molar-refractivity contribution in [3.63, 3.8) is 0 Å². The van der Waals surface area contributed by atoms with Crippen LogP contribution in [-0.4, -0.2) is 11.0 Å². The summed E-state index contributed by atoms with van der Waals surface area (Å²) < 4.78 is 0. The topological polar surface area (TPSA) is 50.9 Å². The molecule has 3 heteroatoms. The SMILES string of the molecule is CCc1ccc(CC(NN)C2CCc3ccccc32)nc1. The first-order valence-electron chi connectivity index (χ1n) is 7.79. The Hall–Kier alpha value is -1.71. The summed E-state index contributed by atoms with van der Waals surface area (Å²) in [6.45, 7) is 2.15. The lowest BCUT2D eigenvalue weighted by atomic mass is 9.90. The van der Waals surface area contributed by atoms with Crippen LogP contribution in [0.4, 0.5) is 0 Å². The lowest BCUT2D eigenvalue weighted by Gasteiger charge is -2.23. The Labute approximate surface area is 126 Å². The first kappa shape index (κ1) is 14.2. The average Bonchev–Trinajstić information content (AvgIpc) is 2.97. The molecule has 1 aliphatic carbocycles. The number of rotatable bonds is 5. The van der Waals surface area contributed by atoms with Crippen molar-refractivity contribution in [2.45, 2.75) is 44.6 Å². The molecule has 0 amide bonds. The summed E-state index contributed by atoms with van der Waals surface area (Å²) in [6, 6.07) is 13.3. The van der Waals surface area contributed by atoms with E-state index in [9.17, 15) is 0 Å². The smallest absolute Gasteiger partial charge is 0.0420 e. The number of aromatic nitrogens is 1. The van der Waals surface area contributed by atoms with Crippen LogP contribution in [0.1, 0.15) is 41.6 Å². The van der Waals surface area contributed by atoms with Crippen LogP contribution in [0.25, 0.3) is 0 Å². The highest BCUT2D eigenvalue weighted by Gasteiger charge is 2.29. The summed E-state index contributed by atoms with van der Waals surface area (Å²) in [4.78, 5) is 4.57. The average molecular weight is 281 g/mol. The molecule has 0 aliphatic heterocycles. The molecule has 2 unspecified atom stereocenters. The standard InChI is InChI=1S/C18H23N3/c1-2-13-7-9-15(20-12-13)11-18(21-19)17-10-8-14-5-3-4-6-16(14)17/h3-7,9,12,17-18,21H,2,8,10-11,19H2,1H3. The van der Waals surface area contributed by atoms with Gasteiger partial charge in [0, 0.05) is 30.3 Å². The van der Waals surface area contributed by atoms with Gasteiger partial charge in [0.05, 0.1) is 0 Å². The molecule has 3 nitrogen and oxygen atoms in total. The van der Waals surface area contributed by atoms with Gasteiger partial charge in [-0.15, -0.1) is 0 Å². The highest BCUT2D eigenvalue weighted by atomic mass is 15.2. The monoisotopic (exact) mass is 281 g/mol. The Kier molecular flexibility index (Phi) is 4.32. The second-order valence-corrected chi connectivity index (χ2v) is 5.83. The molecule has 3 rings (SSSR count). The van der Waals surface area contributed by atoms with Gasteiger partial charge in [0.2, 0.25) is 0 Å². The molecular weight excluding hydrogens is 258 g/mol. The van der Waals surface area contributed by atoms with Crippen LogP contribution >= 0.6 is 0 Å². The molecule has 2 aromatic rings. The van der Waals surface area contributed by atoms with Crippen molar-refractivity contribution in [2.24, 2.45) is 5.84 Å². The number of nitrogens with zero attached hydrogens (tertiary/aromatic N) is 1. The van der Waals surface area contributed by atoms with Gasteiger partial charge in [-0.3, -0.25) is 16.3 Å². The van der Waals surface area contributed by atoms with E-state index >= 15 is 0 Å². The number of hydrogen-bond acceptors (Lipinski definition) is 3. The summed E-state index contributed by atoms with van der Waals surface area (Å²) in [7, 11) is 0. The fraction of sp³-hybridized carbons (Fsp3) is 0.389. The summed E-state index contributed by atoms with van der Waals surface area (Å²) in [5, 5.41) is 0. The number of hydrogen-bond donors (Lipinski definition) is 2. The number of fused-ring (bicyclic) bond motifs is 1. The molecule has 1 heterocycles. The zero-order valence-corrected chi connectivity index (χ0v) is 12.5. The van der Waals surface area contributed by atoms with Gasteiger partial charge in [0.25, 0.3) is 0 Å². The normalized spacial score (nSPS) is 18.5. The Morgan fingerprint density at radius 1 is 1.29 bits per heavy atom. The molecule has 0 fully saturated rings. The molecular formula is C18H23N3. The minimum atomic E-state index is 0.244. The van der Waals surface area contributed by atoms with Crippen molar-refractivity contribution in [2.75, 3.05) is 0 Å². The molecule has 110 valence electrons. The van der Waals surface area contributed by atoms with Crippen LogP contribution in [-0.2, 0) is 19.3 Å². The predicted molar refractivity (Wildman–Crippen MR) is 85.9 cm³/mol. The number of nitrogens with one attached hydrogen (secondary N) is 1. The summed E-state index contributed by atoms with van der Waals surface area (Å²) in [5.74, 6) is 6.32. The van der Waals surface area contributed by atoms with E-state index in [1.807, 2.05) is 6.20 Å². The number of nitrogens with two attached hydrogens (primary N) is 1. The van der Waals surface area contributed by atoms with Crippen LogP contribution in [0.3, 0.4) is 0 Å². The molecule has 3 N–H and O–H groups in total. The van der Waals surface area contributed by atoms with E-state index in [0.717, 1.165) is 25.0 Å². The van der Waals surface area contributed by atoms with Crippen molar-refractivity contribution in [1.82, 2.24) is 10.4 Å². The van der Waals surface area contributed by atoms with E-state index in [1.165, 1.54) is 23.1 Å². The maximum Gasteiger partial charge on any atom is 0.0420 e. The van der Waals surface area contributed by atoms with E-state index in [0.29, 0.717) is 5.92 Å². The summed E-state index contributed by atoms with van der Waals surface area (Å²) in [6.07, 6.45) is 6.20. The van der Waals surface area contributed by atoms with Gasteiger partial charge < -0.3 is 0 Å². The van der Waals surface area contributed by atoms with Gasteiger partial charge in [-0.1, -0.05) is 37.3 Å². The third kappa shape index (κ3) is 2.99. The second-order valence-electron chi connectivity index (χ2n) is 5.83. The fourth-order valence-electron chi connectivity index (χ4n) is 3.34. The fourth-order valence-corrected chi connectivity index (χ4v) is 3.34. The Bertz CT molecular complexity index is 592. The molecule has 0 spiro atoms. The van der Waals surface area contributed by atoms with E-state index in [-0.39, 0.29) is 6.04 Å². The lowest BCUT2D eigenvalue weighted by molar-refractivity contribution is 0.431. The van der Waals surface area contributed by atoms with Crippen LogP contribution < -0.4 is 11.3 Å². The van der Waals surface area contributed by atoms with Gasteiger partial charge in [0.15, 0.2) is 0 Å². The Morgan fingerprint density at radius 2 is 2.14 bits per heavy atom. The number of benzene rings is 1. The second kappa shape index (κ2) is 6.37. The van der Waals surface area contributed by atoms with Crippen molar-refractivity contribution < 1.29 is 0 Å². The van der Waals surface area contributed by atoms with E-state index in [4.69, 9.17) is 5.84 Å². The molecule has 0 saturated carbocycles. The maximum atomic E-state index is 5.84. The molecule has 1 aliphatic rings. The summed E-state index contributed by atoms with van der Waals surface area (Å²) >= 11 is 0. The predicted octanol–water partition coefficient (Wildman–Crippen LogP) is 2.75. The van der Waals surface area contributed by atoms with Gasteiger partial charge >= 0.3 is 0 Å². The molecule has 21 heavy (non-hydrogen) atoms. The number of hydrazine groups is 1.